The van der Waals surface area contributed by atoms with Gasteiger partial charge in [-0.1, -0.05) is 31.0 Å². The molecule has 158 valence electrons. The first-order valence-electron chi connectivity index (χ1n) is 11.1. The lowest BCUT2D eigenvalue weighted by Gasteiger charge is -2.35. The second-order valence-corrected chi connectivity index (χ2v) is 9.26. The zero-order valence-corrected chi connectivity index (χ0v) is 17.7. The molecule has 0 aromatic heterocycles. The van der Waals surface area contributed by atoms with Gasteiger partial charge in [-0.25, -0.2) is 0 Å². The summed E-state index contributed by atoms with van der Waals surface area (Å²) in [7, 11) is 0. The van der Waals surface area contributed by atoms with Gasteiger partial charge in [0.2, 0.25) is 5.91 Å². The van der Waals surface area contributed by atoms with Crippen LogP contribution in [0.3, 0.4) is 0 Å². The van der Waals surface area contributed by atoms with Crippen LogP contribution in [-0.2, 0) is 4.79 Å². The summed E-state index contributed by atoms with van der Waals surface area (Å²) in [5, 5.41) is 6.97. The van der Waals surface area contributed by atoms with Crippen LogP contribution in [0.1, 0.15) is 68.1 Å². The van der Waals surface area contributed by atoms with Crippen molar-refractivity contribution in [3.8, 4) is 0 Å². The summed E-state index contributed by atoms with van der Waals surface area (Å²) in [6, 6.07) is 10.8. The van der Waals surface area contributed by atoms with Crippen molar-refractivity contribution in [3.05, 3.63) is 35.9 Å². The number of rotatable bonds is 3. The van der Waals surface area contributed by atoms with Crippen molar-refractivity contribution in [2.45, 2.75) is 88.0 Å². The normalized spacial score (nSPS) is 35.5. The maximum absolute atomic E-state index is 13.4. The van der Waals surface area contributed by atoms with Crippen LogP contribution in [0.15, 0.2) is 30.3 Å². The van der Waals surface area contributed by atoms with E-state index in [0.29, 0.717) is 23.6 Å². The van der Waals surface area contributed by atoms with Crippen LogP contribution in [0.4, 0.5) is 0 Å². The quantitative estimate of drug-likeness (QED) is 0.793. The van der Waals surface area contributed by atoms with Gasteiger partial charge in [-0.3, -0.25) is 9.59 Å². The van der Waals surface area contributed by atoms with Crippen LogP contribution in [0.25, 0.3) is 0 Å². The van der Waals surface area contributed by atoms with Gasteiger partial charge in [-0.05, 0) is 63.0 Å². The van der Waals surface area contributed by atoms with E-state index in [1.165, 1.54) is 19.3 Å². The number of benzene rings is 1. The van der Waals surface area contributed by atoms with Gasteiger partial charge in [0.25, 0.3) is 5.91 Å². The first kappa shape index (κ1) is 20.7. The zero-order valence-electron chi connectivity index (χ0n) is 16.9. The van der Waals surface area contributed by atoms with Crippen molar-refractivity contribution < 1.29 is 9.59 Å². The lowest BCUT2D eigenvalue weighted by Crippen LogP contribution is -2.54. The third-order valence-corrected chi connectivity index (χ3v) is 7.47. The monoisotopic (exact) mass is 417 g/mol. The Kier molecular flexibility index (Phi) is 6.16. The third kappa shape index (κ3) is 4.04. The number of halogens is 1. The Hall–Kier alpha value is -1.59. The molecule has 3 heterocycles. The maximum Gasteiger partial charge on any atom is 0.254 e. The molecule has 1 aromatic rings. The highest BCUT2D eigenvalue weighted by Crippen LogP contribution is 2.40. The molecule has 5 unspecified atom stereocenters. The maximum atomic E-state index is 13.4. The highest BCUT2D eigenvalue weighted by Gasteiger charge is 2.48. The van der Waals surface area contributed by atoms with E-state index in [2.05, 4.69) is 10.6 Å². The first-order valence-corrected chi connectivity index (χ1v) is 11.1. The van der Waals surface area contributed by atoms with E-state index in [4.69, 9.17) is 0 Å². The Bertz CT molecular complexity index is 731. The van der Waals surface area contributed by atoms with E-state index in [1.54, 1.807) is 0 Å². The Morgan fingerprint density at radius 2 is 1.62 bits per heavy atom. The molecule has 5 nitrogen and oxygen atoms in total. The molecule has 0 spiro atoms. The van der Waals surface area contributed by atoms with Crippen molar-refractivity contribution >= 4 is 24.2 Å². The first-order chi connectivity index (χ1) is 13.7. The van der Waals surface area contributed by atoms with Crippen molar-refractivity contribution in [1.29, 1.82) is 0 Å². The average molecular weight is 418 g/mol. The predicted octanol–water partition coefficient (Wildman–Crippen LogP) is 3.28. The molecule has 5 rings (SSSR count). The summed E-state index contributed by atoms with van der Waals surface area (Å²) in [5.74, 6) is 0.576. The van der Waals surface area contributed by atoms with E-state index in [9.17, 15) is 9.59 Å². The second kappa shape index (κ2) is 8.65. The number of likely N-dealkylation sites (tertiary alicyclic amines) is 1. The highest BCUT2D eigenvalue weighted by atomic mass is 35.5. The van der Waals surface area contributed by atoms with E-state index >= 15 is 0 Å². The molecule has 29 heavy (non-hydrogen) atoms. The molecule has 0 radical (unpaired) electrons. The topological polar surface area (TPSA) is 61.4 Å². The molecule has 1 aromatic carbocycles. The van der Waals surface area contributed by atoms with Gasteiger partial charge in [0.1, 0.15) is 6.04 Å². The van der Waals surface area contributed by atoms with E-state index in [1.807, 2.05) is 35.2 Å². The van der Waals surface area contributed by atoms with Crippen molar-refractivity contribution in [1.82, 2.24) is 15.5 Å². The van der Waals surface area contributed by atoms with Gasteiger partial charge in [0.05, 0.1) is 0 Å². The fourth-order valence-electron chi connectivity index (χ4n) is 6.19. The summed E-state index contributed by atoms with van der Waals surface area (Å²) in [6.45, 7) is 0. The number of hydrogen-bond donors (Lipinski definition) is 2. The largest absolute Gasteiger partial charge is 0.351 e. The molecule has 5 atom stereocenters. The predicted molar refractivity (Wildman–Crippen MR) is 115 cm³/mol. The molecular weight excluding hydrogens is 386 g/mol. The smallest absolute Gasteiger partial charge is 0.254 e. The summed E-state index contributed by atoms with van der Waals surface area (Å²) in [5.41, 5.74) is 0.700. The molecule has 3 saturated heterocycles. The number of fused-ring (bicyclic) bond motifs is 3. The minimum Gasteiger partial charge on any atom is -0.351 e. The Balaban J connectivity index is 0.00000205. The van der Waals surface area contributed by atoms with Crippen LogP contribution in [0, 0.1) is 5.92 Å². The third-order valence-electron chi connectivity index (χ3n) is 7.47. The zero-order chi connectivity index (χ0) is 19.1. The summed E-state index contributed by atoms with van der Waals surface area (Å²) >= 11 is 0. The fourth-order valence-corrected chi connectivity index (χ4v) is 6.19. The van der Waals surface area contributed by atoms with Crippen LogP contribution in [-0.4, -0.2) is 46.9 Å². The number of piperidine rings is 1. The van der Waals surface area contributed by atoms with Gasteiger partial charge < -0.3 is 15.5 Å². The molecule has 2 bridgehead atoms. The standard InChI is InChI=1S/C23H31N3O2.ClH/c27-22(25-19-13-17-10-11-18(14-19)24-17)21-12-16-8-4-5-9-20(16)26(21)23(28)15-6-2-1-3-7-15;/h1-3,6-7,16-21,24H,4-5,8-14H2,(H,25,27);1H. The Labute approximate surface area is 179 Å². The lowest BCUT2D eigenvalue weighted by atomic mass is 9.84. The SMILES string of the molecule is Cl.O=C(NC1CC2CCC(C1)N2)C1CC2CCCCC2N1C(=O)c1ccccc1. The molecule has 4 aliphatic rings. The summed E-state index contributed by atoms with van der Waals surface area (Å²) in [6.07, 6.45) is 9.88. The Morgan fingerprint density at radius 1 is 0.931 bits per heavy atom. The van der Waals surface area contributed by atoms with Crippen molar-refractivity contribution in [3.63, 3.8) is 0 Å². The Morgan fingerprint density at radius 3 is 2.34 bits per heavy atom. The summed E-state index contributed by atoms with van der Waals surface area (Å²) in [4.78, 5) is 28.6. The van der Waals surface area contributed by atoms with Crippen LogP contribution in [0.5, 0.6) is 0 Å². The van der Waals surface area contributed by atoms with Crippen molar-refractivity contribution in [2.75, 3.05) is 0 Å². The molecule has 1 saturated carbocycles. The number of nitrogens with one attached hydrogen (secondary N) is 2. The minimum absolute atomic E-state index is 0. The molecule has 6 heteroatoms. The molecule has 2 amide bonds. The van der Waals surface area contributed by atoms with Crippen LogP contribution in [0.2, 0.25) is 0 Å². The van der Waals surface area contributed by atoms with Gasteiger partial charge in [-0.15, -0.1) is 12.4 Å². The number of nitrogens with zero attached hydrogens (tertiary/aromatic N) is 1. The minimum atomic E-state index is -0.312. The van der Waals surface area contributed by atoms with Gasteiger partial charge in [0.15, 0.2) is 0 Å². The number of hydrogen-bond acceptors (Lipinski definition) is 3. The highest BCUT2D eigenvalue weighted by molar-refractivity contribution is 5.98. The van der Waals surface area contributed by atoms with Gasteiger partial charge >= 0.3 is 0 Å². The number of carbonyl (C=O) groups excluding carboxylic acids is 2. The molecule has 4 fully saturated rings. The molecular formula is C23H32ClN3O2. The van der Waals surface area contributed by atoms with Crippen LogP contribution >= 0.6 is 12.4 Å². The average Bonchev–Trinajstić information content (AvgIpc) is 3.28. The van der Waals surface area contributed by atoms with Crippen LogP contribution < -0.4 is 10.6 Å². The fraction of sp³-hybridized carbons (Fsp3) is 0.652. The molecule has 2 N–H and O–H groups in total. The lowest BCUT2D eigenvalue weighted by molar-refractivity contribution is -0.126. The second-order valence-electron chi connectivity index (χ2n) is 9.26. The molecule has 1 aliphatic carbocycles. The number of carbonyl (C=O) groups is 2. The van der Waals surface area contributed by atoms with E-state index in [-0.39, 0.29) is 42.3 Å². The van der Waals surface area contributed by atoms with Gasteiger partial charge in [-0.2, -0.15) is 0 Å². The molecule has 3 aliphatic heterocycles. The van der Waals surface area contributed by atoms with Gasteiger partial charge in [0, 0.05) is 29.7 Å². The number of amides is 2. The van der Waals surface area contributed by atoms with E-state index < -0.39 is 0 Å². The van der Waals surface area contributed by atoms with E-state index in [0.717, 1.165) is 38.5 Å². The van der Waals surface area contributed by atoms with Crippen molar-refractivity contribution in [2.24, 2.45) is 5.92 Å². The summed E-state index contributed by atoms with van der Waals surface area (Å²) < 4.78 is 0.